The second-order valence-electron chi connectivity index (χ2n) is 7.30. The van der Waals surface area contributed by atoms with Crippen molar-refractivity contribution in [3.63, 3.8) is 0 Å². The number of sulfone groups is 1. The summed E-state index contributed by atoms with van der Waals surface area (Å²) in [5.41, 5.74) is 4.44. The largest absolute Gasteiger partial charge is 0.368 e. The van der Waals surface area contributed by atoms with E-state index in [1.165, 1.54) is 22.9 Å². The molecule has 152 valence electrons. The number of hydrogen-bond acceptors (Lipinski definition) is 7. The zero-order valence-electron chi connectivity index (χ0n) is 16.3. The molecule has 1 amide bonds. The number of fused-ring (bicyclic) bond motifs is 1. The molecule has 0 saturated carbocycles. The Hall–Kier alpha value is -2.52. The van der Waals surface area contributed by atoms with Gasteiger partial charge in [-0.3, -0.25) is 4.79 Å². The van der Waals surface area contributed by atoms with Crippen LogP contribution in [0.3, 0.4) is 0 Å². The highest BCUT2D eigenvalue weighted by atomic mass is 32.2. The molecule has 1 aliphatic heterocycles. The van der Waals surface area contributed by atoms with Gasteiger partial charge in [0.2, 0.25) is 5.91 Å². The highest BCUT2D eigenvalue weighted by Gasteiger charge is 2.28. The van der Waals surface area contributed by atoms with E-state index < -0.39 is 15.6 Å². The number of anilines is 1. The Kier molecular flexibility index (Phi) is 5.26. The van der Waals surface area contributed by atoms with E-state index >= 15 is 0 Å². The van der Waals surface area contributed by atoms with Crippen molar-refractivity contribution >= 4 is 44.2 Å². The summed E-state index contributed by atoms with van der Waals surface area (Å²) in [7, 11) is -3.78. The third kappa shape index (κ3) is 3.97. The normalized spacial score (nSPS) is 15.1. The lowest BCUT2D eigenvalue weighted by atomic mass is 10.1. The van der Waals surface area contributed by atoms with Crippen LogP contribution >= 0.6 is 11.7 Å². The SMILES string of the molecule is Cc1ccc(C)c(N2CCN(C(=O)CS(=O)(=O)c3cccc4nsnc34)CC2)c1. The van der Waals surface area contributed by atoms with Crippen molar-refractivity contribution in [2.75, 3.05) is 36.8 Å². The van der Waals surface area contributed by atoms with Gasteiger partial charge in [-0.25, -0.2) is 8.42 Å². The summed E-state index contributed by atoms with van der Waals surface area (Å²) >= 11 is 0.965. The van der Waals surface area contributed by atoms with Crippen molar-refractivity contribution in [3.05, 3.63) is 47.5 Å². The van der Waals surface area contributed by atoms with Gasteiger partial charge in [-0.15, -0.1) is 0 Å². The molecule has 1 fully saturated rings. The van der Waals surface area contributed by atoms with Crippen LogP contribution in [-0.4, -0.2) is 59.9 Å². The van der Waals surface area contributed by atoms with E-state index in [4.69, 9.17) is 0 Å². The minimum absolute atomic E-state index is 0.0751. The van der Waals surface area contributed by atoms with Crippen LogP contribution in [0.2, 0.25) is 0 Å². The van der Waals surface area contributed by atoms with E-state index in [0.717, 1.165) is 11.7 Å². The number of piperazine rings is 1. The number of amides is 1. The number of carbonyl (C=O) groups is 1. The van der Waals surface area contributed by atoms with Crippen LogP contribution in [0.25, 0.3) is 11.0 Å². The summed E-state index contributed by atoms with van der Waals surface area (Å²) in [5.74, 6) is -0.918. The Morgan fingerprint density at radius 2 is 1.83 bits per heavy atom. The Balaban J connectivity index is 1.45. The van der Waals surface area contributed by atoms with Gasteiger partial charge in [0.15, 0.2) is 9.84 Å². The molecule has 0 N–H and O–H groups in total. The zero-order valence-corrected chi connectivity index (χ0v) is 18.0. The van der Waals surface area contributed by atoms with Crippen molar-refractivity contribution < 1.29 is 13.2 Å². The fourth-order valence-corrected chi connectivity index (χ4v) is 5.62. The Morgan fingerprint density at radius 1 is 1.07 bits per heavy atom. The van der Waals surface area contributed by atoms with Gasteiger partial charge in [-0.1, -0.05) is 18.2 Å². The van der Waals surface area contributed by atoms with Crippen molar-refractivity contribution in [1.29, 1.82) is 0 Å². The number of nitrogens with zero attached hydrogens (tertiary/aromatic N) is 4. The predicted octanol–water partition coefficient (Wildman–Crippen LogP) is 2.43. The number of rotatable bonds is 4. The summed E-state index contributed by atoms with van der Waals surface area (Å²) in [5, 5.41) is 0. The molecule has 3 aromatic rings. The molecular formula is C20H22N4O3S2. The minimum Gasteiger partial charge on any atom is -0.368 e. The molecule has 1 saturated heterocycles. The highest BCUT2D eigenvalue weighted by Crippen LogP contribution is 2.24. The first-order valence-electron chi connectivity index (χ1n) is 9.39. The van der Waals surface area contributed by atoms with Crippen LogP contribution in [0.4, 0.5) is 5.69 Å². The lowest BCUT2D eigenvalue weighted by Gasteiger charge is -2.37. The van der Waals surface area contributed by atoms with Crippen LogP contribution in [0.5, 0.6) is 0 Å². The van der Waals surface area contributed by atoms with Gasteiger partial charge in [-0.05, 0) is 43.2 Å². The van der Waals surface area contributed by atoms with Gasteiger partial charge in [0.1, 0.15) is 16.8 Å². The van der Waals surface area contributed by atoms with Crippen LogP contribution in [0.15, 0.2) is 41.3 Å². The van der Waals surface area contributed by atoms with Gasteiger partial charge in [-0.2, -0.15) is 8.75 Å². The van der Waals surface area contributed by atoms with Crippen molar-refractivity contribution in [3.8, 4) is 0 Å². The molecule has 0 radical (unpaired) electrons. The topological polar surface area (TPSA) is 83.5 Å². The van der Waals surface area contributed by atoms with Crippen molar-refractivity contribution in [1.82, 2.24) is 13.6 Å². The van der Waals surface area contributed by atoms with E-state index in [0.29, 0.717) is 37.2 Å². The Bertz CT molecular complexity index is 1170. The molecule has 0 spiro atoms. The third-order valence-electron chi connectivity index (χ3n) is 5.24. The van der Waals surface area contributed by atoms with Gasteiger partial charge in [0.25, 0.3) is 0 Å². The summed E-state index contributed by atoms with van der Waals surface area (Å²) in [6.45, 7) is 6.51. The van der Waals surface area contributed by atoms with Crippen LogP contribution in [-0.2, 0) is 14.6 Å². The van der Waals surface area contributed by atoms with Crippen LogP contribution in [0, 0.1) is 13.8 Å². The standard InChI is InChI=1S/C20H22N4O3S2/c1-14-6-7-15(2)17(12-14)23-8-10-24(11-9-23)19(25)13-29(26,27)18-5-3-4-16-20(18)22-28-21-16/h3-7,12H,8-11,13H2,1-2H3. The molecule has 0 aliphatic carbocycles. The smallest absolute Gasteiger partial charge is 0.238 e. The first kappa shape index (κ1) is 19.8. The van der Waals surface area contributed by atoms with E-state index in [9.17, 15) is 13.2 Å². The van der Waals surface area contributed by atoms with Crippen molar-refractivity contribution in [2.45, 2.75) is 18.7 Å². The van der Waals surface area contributed by atoms with Crippen LogP contribution < -0.4 is 4.90 Å². The lowest BCUT2D eigenvalue weighted by Crippen LogP contribution is -2.50. The first-order chi connectivity index (χ1) is 13.8. The molecule has 2 heterocycles. The number of benzene rings is 2. The first-order valence-corrected chi connectivity index (χ1v) is 11.8. The van der Waals surface area contributed by atoms with E-state index in [-0.39, 0.29) is 10.8 Å². The van der Waals surface area contributed by atoms with E-state index in [1.54, 1.807) is 17.0 Å². The number of carbonyl (C=O) groups excluding carboxylic acids is 1. The number of hydrogen-bond donors (Lipinski definition) is 0. The maximum Gasteiger partial charge on any atom is 0.238 e. The van der Waals surface area contributed by atoms with Crippen molar-refractivity contribution in [2.24, 2.45) is 0 Å². The quantitative estimate of drug-likeness (QED) is 0.632. The molecule has 0 atom stereocenters. The molecule has 1 aromatic heterocycles. The van der Waals surface area contributed by atoms with Gasteiger partial charge in [0.05, 0.1) is 16.6 Å². The van der Waals surface area contributed by atoms with Gasteiger partial charge in [0, 0.05) is 31.9 Å². The lowest BCUT2D eigenvalue weighted by molar-refractivity contribution is -0.128. The molecule has 9 heteroatoms. The van der Waals surface area contributed by atoms with Crippen LogP contribution in [0.1, 0.15) is 11.1 Å². The van der Waals surface area contributed by atoms with Gasteiger partial charge < -0.3 is 9.80 Å². The summed E-state index contributed by atoms with van der Waals surface area (Å²) in [6.07, 6.45) is 0. The Morgan fingerprint density at radius 3 is 2.59 bits per heavy atom. The summed E-state index contributed by atoms with van der Waals surface area (Å²) < 4.78 is 33.8. The Labute approximate surface area is 174 Å². The fraction of sp³-hybridized carbons (Fsp3) is 0.350. The third-order valence-corrected chi connectivity index (χ3v) is 7.40. The maximum atomic E-state index is 12.8. The predicted molar refractivity (Wildman–Crippen MR) is 114 cm³/mol. The molecule has 0 unspecified atom stereocenters. The second kappa shape index (κ2) is 7.72. The molecule has 4 rings (SSSR count). The number of aromatic nitrogens is 2. The molecule has 2 aromatic carbocycles. The van der Waals surface area contributed by atoms with Gasteiger partial charge >= 0.3 is 0 Å². The fourth-order valence-electron chi connectivity index (χ4n) is 3.62. The average Bonchev–Trinajstić information content (AvgIpc) is 3.18. The maximum absolute atomic E-state index is 12.8. The van der Waals surface area contributed by atoms with E-state index in [2.05, 4.69) is 45.7 Å². The van der Waals surface area contributed by atoms with E-state index in [1.807, 2.05) is 0 Å². The average molecular weight is 431 g/mol. The molecule has 29 heavy (non-hydrogen) atoms. The number of aryl methyl sites for hydroxylation is 2. The minimum atomic E-state index is -3.78. The second-order valence-corrected chi connectivity index (χ2v) is 9.79. The molecular weight excluding hydrogens is 408 g/mol. The summed E-state index contributed by atoms with van der Waals surface area (Å²) in [6, 6.07) is 11.2. The molecule has 1 aliphatic rings. The molecule has 7 nitrogen and oxygen atoms in total. The zero-order chi connectivity index (χ0) is 20.6. The highest BCUT2D eigenvalue weighted by molar-refractivity contribution is 7.92. The monoisotopic (exact) mass is 430 g/mol. The molecule has 0 bridgehead atoms. The summed E-state index contributed by atoms with van der Waals surface area (Å²) in [4.78, 5) is 16.7.